The number of esters is 2. The van der Waals surface area contributed by atoms with E-state index in [4.69, 9.17) is 18.9 Å². The van der Waals surface area contributed by atoms with Crippen molar-refractivity contribution in [2.75, 3.05) is 26.4 Å². The van der Waals surface area contributed by atoms with Gasteiger partial charge in [-0.15, -0.1) is 0 Å². The summed E-state index contributed by atoms with van der Waals surface area (Å²) in [6.07, 6.45) is 3.45. The van der Waals surface area contributed by atoms with E-state index in [9.17, 15) is 9.59 Å². The summed E-state index contributed by atoms with van der Waals surface area (Å²) in [7, 11) is 0. The minimum Gasteiger partial charge on any atom is -0.493 e. The van der Waals surface area contributed by atoms with E-state index in [2.05, 4.69) is 13.2 Å². The molecular formula is C18H22O6. The van der Waals surface area contributed by atoms with Gasteiger partial charge in [0, 0.05) is 25.0 Å². The second kappa shape index (κ2) is 11.8. The summed E-state index contributed by atoms with van der Waals surface area (Å²) in [6, 6.07) is 7.18. The Hall–Kier alpha value is -2.76. The van der Waals surface area contributed by atoms with Crippen molar-refractivity contribution in [1.29, 1.82) is 0 Å². The molecule has 0 aromatic heterocycles. The molecular weight excluding hydrogens is 312 g/mol. The SMILES string of the molecule is C=CC(=O)OCCCOc1ccc(OCCCOC(=O)C=C)cc1. The van der Waals surface area contributed by atoms with Gasteiger partial charge in [0.05, 0.1) is 26.4 Å². The Labute approximate surface area is 141 Å². The maximum absolute atomic E-state index is 10.8. The predicted octanol–water partition coefficient (Wildman–Crippen LogP) is 2.68. The van der Waals surface area contributed by atoms with Gasteiger partial charge in [-0.1, -0.05) is 13.2 Å². The monoisotopic (exact) mass is 334 g/mol. The van der Waals surface area contributed by atoms with Crippen LogP contribution in [-0.4, -0.2) is 38.4 Å². The molecule has 6 heteroatoms. The normalized spacial score (nSPS) is 9.67. The summed E-state index contributed by atoms with van der Waals surface area (Å²) in [4.78, 5) is 21.7. The zero-order valence-corrected chi connectivity index (χ0v) is 13.6. The predicted molar refractivity (Wildman–Crippen MR) is 89.0 cm³/mol. The maximum Gasteiger partial charge on any atom is 0.330 e. The minimum atomic E-state index is -0.434. The number of hydrogen-bond acceptors (Lipinski definition) is 6. The summed E-state index contributed by atoms with van der Waals surface area (Å²) in [6.45, 7) is 8.11. The molecule has 0 radical (unpaired) electrons. The van der Waals surface area contributed by atoms with E-state index in [1.807, 2.05) is 0 Å². The second-order valence-corrected chi connectivity index (χ2v) is 4.62. The van der Waals surface area contributed by atoms with Crippen LogP contribution >= 0.6 is 0 Å². The van der Waals surface area contributed by atoms with Crippen molar-refractivity contribution in [3.63, 3.8) is 0 Å². The van der Waals surface area contributed by atoms with Crippen LogP contribution < -0.4 is 9.47 Å². The molecule has 0 atom stereocenters. The Balaban J connectivity index is 2.14. The third kappa shape index (κ3) is 8.63. The van der Waals surface area contributed by atoms with Crippen molar-refractivity contribution in [1.82, 2.24) is 0 Å². The van der Waals surface area contributed by atoms with Gasteiger partial charge in [0.15, 0.2) is 0 Å². The Morgan fingerprint density at radius 3 is 1.46 bits per heavy atom. The minimum absolute atomic E-state index is 0.294. The first-order valence-electron chi connectivity index (χ1n) is 7.59. The lowest BCUT2D eigenvalue weighted by Gasteiger charge is -2.09. The molecule has 0 saturated carbocycles. The molecule has 0 aliphatic rings. The van der Waals surface area contributed by atoms with Gasteiger partial charge in [0.25, 0.3) is 0 Å². The third-order valence-electron chi connectivity index (χ3n) is 2.76. The first kappa shape index (κ1) is 19.3. The molecule has 6 nitrogen and oxygen atoms in total. The van der Waals surface area contributed by atoms with Crippen LogP contribution in [0.15, 0.2) is 49.6 Å². The Morgan fingerprint density at radius 2 is 1.12 bits per heavy atom. The quantitative estimate of drug-likeness (QED) is 0.332. The number of hydrogen-bond donors (Lipinski definition) is 0. The Morgan fingerprint density at radius 1 is 0.750 bits per heavy atom. The molecule has 0 N–H and O–H groups in total. The Bertz CT molecular complexity index is 486. The van der Waals surface area contributed by atoms with Gasteiger partial charge >= 0.3 is 11.9 Å². The van der Waals surface area contributed by atoms with Crippen LogP contribution in [0.5, 0.6) is 11.5 Å². The van der Waals surface area contributed by atoms with Crippen LogP contribution in [0.1, 0.15) is 12.8 Å². The molecule has 24 heavy (non-hydrogen) atoms. The zero-order valence-electron chi connectivity index (χ0n) is 13.6. The fourth-order valence-corrected chi connectivity index (χ4v) is 1.59. The number of carbonyl (C=O) groups is 2. The van der Waals surface area contributed by atoms with E-state index in [-0.39, 0.29) is 0 Å². The smallest absolute Gasteiger partial charge is 0.330 e. The summed E-state index contributed by atoms with van der Waals surface area (Å²) >= 11 is 0. The van der Waals surface area contributed by atoms with Gasteiger partial charge in [0.2, 0.25) is 0 Å². The second-order valence-electron chi connectivity index (χ2n) is 4.62. The van der Waals surface area contributed by atoms with Crippen LogP contribution in [0.3, 0.4) is 0 Å². The van der Waals surface area contributed by atoms with E-state index in [0.29, 0.717) is 50.8 Å². The van der Waals surface area contributed by atoms with Gasteiger partial charge in [-0.05, 0) is 24.3 Å². The van der Waals surface area contributed by atoms with E-state index in [0.717, 1.165) is 12.2 Å². The lowest BCUT2D eigenvalue weighted by atomic mass is 10.3. The van der Waals surface area contributed by atoms with Crippen LogP contribution in [0.2, 0.25) is 0 Å². The van der Waals surface area contributed by atoms with Crippen LogP contribution in [0.4, 0.5) is 0 Å². The average molecular weight is 334 g/mol. The molecule has 0 spiro atoms. The molecule has 130 valence electrons. The molecule has 1 aromatic carbocycles. The van der Waals surface area contributed by atoms with Crippen molar-refractivity contribution in [2.45, 2.75) is 12.8 Å². The lowest BCUT2D eigenvalue weighted by Crippen LogP contribution is -2.07. The van der Waals surface area contributed by atoms with E-state index in [1.165, 1.54) is 0 Å². The van der Waals surface area contributed by atoms with Gasteiger partial charge < -0.3 is 18.9 Å². The van der Waals surface area contributed by atoms with Crippen LogP contribution in [0.25, 0.3) is 0 Å². The maximum atomic E-state index is 10.8. The molecule has 0 fully saturated rings. The standard InChI is InChI=1S/C18H22O6/c1-3-17(19)23-13-5-11-21-15-7-9-16(10-8-15)22-12-6-14-24-18(20)4-2/h3-4,7-10H,1-2,5-6,11-14H2. The van der Waals surface area contributed by atoms with Gasteiger partial charge in [-0.2, -0.15) is 0 Å². The highest BCUT2D eigenvalue weighted by Crippen LogP contribution is 2.17. The van der Waals surface area contributed by atoms with Gasteiger partial charge in [-0.3, -0.25) is 0 Å². The van der Waals surface area contributed by atoms with E-state index >= 15 is 0 Å². The first-order chi connectivity index (χ1) is 11.7. The average Bonchev–Trinajstić information content (AvgIpc) is 2.61. The molecule has 1 rings (SSSR count). The van der Waals surface area contributed by atoms with Crippen molar-refractivity contribution in [3.05, 3.63) is 49.6 Å². The van der Waals surface area contributed by atoms with Gasteiger partial charge in [0.1, 0.15) is 11.5 Å². The largest absolute Gasteiger partial charge is 0.493 e. The molecule has 0 heterocycles. The fourth-order valence-electron chi connectivity index (χ4n) is 1.59. The highest BCUT2D eigenvalue weighted by Gasteiger charge is 1.99. The molecule has 0 unspecified atom stereocenters. The molecule has 1 aromatic rings. The molecule has 0 amide bonds. The summed E-state index contributed by atoms with van der Waals surface area (Å²) in [5.74, 6) is 0.543. The molecule has 0 aliphatic carbocycles. The van der Waals surface area contributed by atoms with Crippen molar-refractivity contribution < 1.29 is 28.5 Å². The highest BCUT2D eigenvalue weighted by atomic mass is 16.5. The first-order valence-corrected chi connectivity index (χ1v) is 7.59. The third-order valence-corrected chi connectivity index (χ3v) is 2.76. The van der Waals surface area contributed by atoms with Crippen molar-refractivity contribution in [2.24, 2.45) is 0 Å². The summed E-state index contributed by atoms with van der Waals surface area (Å²) in [5.41, 5.74) is 0. The number of benzene rings is 1. The van der Waals surface area contributed by atoms with E-state index in [1.54, 1.807) is 24.3 Å². The summed E-state index contributed by atoms with van der Waals surface area (Å²) in [5, 5.41) is 0. The fraction of sp³-hybridized carbons (Fsp3) is 0.333. The van der Waals surface area contributed by atoms with Crippen LogP contribution in [-0.2, 0) is 19.1 Å². The number of ether oxygens (including phenoxy) is 4. The molecule has 0 aliphatic heterocycles. The summed E-state index contributed by atoms with van der Waals surface area (Å²) < 4.78 is 20.7. The highest BCUT2D eigenvalue weighted by molar-refractivity contribution is 5.81. The van der Waals surface area contributed by atoms with E-state index < -0.39 is 11.9 Å². The van der Waals surface area contributed by atoms with Crippen LogP contribution in [0, 0.1) is 0 Å². The molecule has 0 bridgehead atoms. The Kier molecular flexibility index (Phi) is 9.45. The van der Waals surface area contributed by atoms with Crippen molar-refractivity contribution in [3.8, 4) is 11.5 Å². The van der Waals surface area contributed by atoms with Crippen molar-refractivity contribution >= 4 is 11.9 Å². The lowest BCUT2D eigenvalue weighted by molar-refractivity contribution is -0.138. The molecule has 0 saturated heterocycles. The number of rotatable bonds is 12. The van der Waals surface area contributed by atoms with Gasteiger partial charge in [-0.25, -0.2) is 9.59 Å². The number of carbonyl (C=O) groups excluding carboxylic acids is 2. The topological polar surface area (TPSA) is 71.1 Å². The zero-order chi connectivity index (χ0) is 17.6.